The first kappa shape index (κ1) is 26.3. The predicted octanol–water partition coefficient (Wildman–Crippen LogP) is 3.71. The van der Waals surface area contributed by atoms with Crippen LogP contribution in [0, 0.1) is 11.3 Å². The quantitative estimate of drug-likeness (QED) is 0.140. The number of rotatable bonds is 7. The number of sulfone groups is 1. The monoisotopic (exact) mass is 521 g/mol. The fourth-order valence-electron chi connectivity index (χ4n) is 3.91. The van der Waals surface area contributed by atoms with Crippen molar-refractivity contribution in [2.45, 2.75) is 42.9 Å². The van der Waals surface area contributed by atoms with Gasteiger partial charge < -0.3 is 5.32 Å². The van der Waals surface area contributed by atoms with Crippen LogP contribution in [-0.2, 0) is 14.6 Å². The van der Waals surface area contributed by atoms with Gasteiger partial charge in [-0.1, -0.05) is 48.5 Å². The fraction of sp³-hybridized carbons (Fsp3) is 0.381. The second-order valence-electron chi connectivity index (χ2n) is 8.14. The van der Waals surface area contributed by atoms with Crippen LogP contribution < -0.4 is 10.8 Å². The Kier molecular flexibility index (Phi) is 8.59. The Morgan fingerprint density at radius 2 is 1.94 bits per heavy atom. The van der Waals surface area contributed by atoms with E-state index in [9.17, 15) is 18.0 Å². The number of amidine groups is 1. The summed E-state index contributed by atoms with van der Waals surface area (Å²) in [5.41, 5.74) is 1.84. The third-order valence-electron chi connectivity index (χ3n) is 5.60. The second-order valence-corrected chi connectivity index (χ2v) is 10.5. The van der Waals surface area contributed by atoms with E-state index in [-0.39, 0.29) is 27.3 Å². The molecule has 1 unspecified atom stereocenters. The summed E-state index contributed by atoms with van der Waals surface area (Å²) in [6, 6.07) is 3.38. The van der Waals surface area contributed by atoms with Crippen molar-refractivity contribution >= 4 is 45.0 Å². The summed E-state index contributed by atoms with van der Waals surface area (Å²) >= 11 is 6.23. The number of carbonyl (C=O) groups is 2. The summed E-state index contributed by atoms with van der Waals surface area (Å²) in [5.74, 6) is -0.925. The van der Waals surface area contributed by atoms with Gasteiger partial charge in [0.05, 0.1) is 28.2 Å². The third kappa shape index (κ3) is 7.10. The van der Waals surface area contributed by atoms with E-state index in [4.69, 9.17) is 22.2 Å². The van der Waals surface area contributed by atoms with Gasteiger partial charge in [0, 0.05) is 6.26 Å². The summed E-state index contributed by atoms with van der Waals surface area (Å²) in [7, 11) is -3.51. The molecule has 14 heteroatoms. The maximum absolute atomic E-state index is 13.2. The van der Waals surface area contributed by atoms with Crippen molar-refractivity contribution in [1.29, 1.82) is 5.41 Å². The van der Waals surface area contributed by atoms with Crippen molar-refractivity contribution in [2.75, 3.05) is 11.6 Å². The lowest BCUT2D eigenvalue weighted by Crippen LogP contribution is -2.24. The van der Waals surface area contributed by atoms with E-state index in [1.54, 1.807) is 6.07 Å². The SMILES string of the molecule is CS(=O)(=O)c1ccc(C(CC2CCCC2)C(=O)Nc2cnc(C(=N)N=NC(=O)NO)cn2)cc1Cl. The average Bonchev–Trinajstić information content (AvgIpc) is 3.33. The van der Waals surface area contributed by atoms with Crippen LogP contribution in [0.2, 0.25) is 5.02 Å². The molecule has 1 saturated carbocycles. The molecular formula is C21H24ClN7O5S. The number of benzene rings is 1. The highest BCUT2D eigenvalue weighted by molar-refractivity contribution is 7.90. The highest BCUT2D eigenvalue weighted by atomic mass is 35.5. The molecule has 1 aromatic carbocycles. The van der Waals surface area contributed by atoms with Crippen LogP contribution in [0.25, 0.3) is 0 Å². The first-order valence-corrected chi connectivity index (χ1v) is 12.9. The molecule has 1 atom stereocenters. The molecule has 1 heterocycles. The van der Waals surface area contributed by atoms with Crippen molar-refractivity contribution in [3.05, 3.63) is 46.9 Å². The number of hydrogen-bond acceptors (Lipinski definition) is 8. The Balaban J connectivity index is 1.79. The lowest BCUT2D eigenvalue weighted by Gasteiger charge is -2.21. The first-order valence-electron chi connectivity index (χ1n) is 10.7. The van der Waals surface area contributed by atoms with Gasteiger partial charge in [-0.3, -0.25) is 15.4 Å². The smallest absolute Gasteiger partial charge is 0.309 e. The minimum atomic E-state index is -3.51. The predicted molar refractivity (Wildman–Crippen MR) is 127 cm³/mol. The molecule has 3 amide bonds. The molecule has 1 aliphatic carbocycles. The number of aromatic nitrogens is 2. The average molecular weight is 522 g/mol. The number of azo groups is 1. The number of hydrogen-bond donors (Lipinski definition) is 4. The van der Waals surface area contributed by atoms with Crippen molar-refractivity contribution in [2.24, 2.45) is 16.1 Å². The van der Waals surface area contributed by atoms with Gasteiger partial charge in [0.2, 0.25) is 5.91 Å². The molecule has 1 aromatic heterocycles. The number of carbonyl (C=O) groups excluding carboxylic acids is 2. The molecule has 12 nitrogen and oxygen atoms in total. The van der Waals surface area contributed by atoms with E-state index < -0.39 is 27.6 Å². The zero-order valence-electron chi connectivity index (χ0n) is 18.7. The van der Waals surface area contributed by atoms with Gasteiger partial charge in [0.1, 0.15) is 5.69 Å². The van der Waals surface area contributed by atoms with Gasteiger partial charge in [0.15, 0.2) is 21.5 Å². The molecule has 0 spiro atoms. The number of nitrogens with zero attached hydrogens (tertiary/aromatic N) is 4. The summed E-state index contributed by atoms with van der Waals surface area (Å²) in [5, 5.41) is 25.2. The van der Waals surface area contributed by atoms with E-state index in [1.807, 2.05) is 0 Å². The maximum Gasteiger partial charge on any atom is 0.383 e. The standard InChI is InChI=1S/C21H24ClN7O5S/c1-35(33,34)17-7-6-13(9-15(17)22)14(8-12-4-2-3-5-12)20(30)26-18-11-24-16(10-25-18)19(23)27-28-21(31)29-32/h6-7,9-12,14,23,32H,2-5,8H2,1H3,(H,29,31)(H,25,26,30). The maximum atomic E-state index is 13.2. The zero-order valence-corrected chi connectivity index (χ0v) is 20.3. The lowest BCUT2D eigenvalue weighted by molar-refractivity contribution is -0.118. The van der Waals surface area contributed by atoms with E-state index in [1.165, 1.54) is 30.0 Å². The van der Waals surface area contributed by atoms with Gasteiger partial charge in [-0.25, -0.2) is 28.7 Å². The molecule has 0 radical (unpaired) electrons. The van der Waals surface area contributed by atoms with E-state index in [2.05, 4.69) is 25.5 Å². The van der Waals surface area contributed by atoms with Crippen LogP contribution in [0.1, 0.15) is 49.3 Å². The highest BCUT2D eigenvalue weighted by Gasteiger charge is 2.28. The zero-order chi connectivity index (χ0) is 25.6. The van der Waals surface area contributed by atoms with Crippen LogP contribution in [0.4, 0.5) is 10.6 Å². The van der Waals surface area contributed by atoms with Gasteiger partial charge in [0.25, 0.3) is 0 Å². The van der Waals surface area contributed by atoms with Gasteiger partial charge in [-0.15, -0.1) is 5.11 Å². The second kappa shape index (κ2) is 11.4. The van der Waals surface area contributed by atoms with Gasteiger partial charge >= 0.3 is 6.03 Å². The molecule has 3 rings (SSSR count). The number of halogens is 1. The number of amides is 3. The minimum absolute atomic E-state index is 0.000429. The van der Waals surface area contributed by atoms with Crippen molar-refractivity contribution < 1.29 is 23.2 Å². The number of hydroxylamine groups is 1. The van der Waals surface area contributed by atoms with Crippen LogP contribution in [0.5, 0.6) is 0 Å². The normalized spacial score (nSPS) is 15.2. The molecule has 4 N–H and O–H groups in total. The highest BCUT2D eigenvalue weighted by Crippen LogP contribution is 2.36. The summed E-state index contributed by atoms with van der Waals surface area (Å²) in [4.78, 5) is 32.2. The largest absolute Gasteiger partial charge is 0.383 e. The van der Waals surface area contributed by atoms with E-state index in [0.29, 0.717) is 17.9 Å². The Bertz CT molecular complexity index is 1250. The molecule has 186 valence electrons. The van der Waals surface area contributed by atoms with Crippen molar-refractivity contribution in [1.82, 2.24) is 15.4 Å². The van der Waals surface area contributed by atoms with Crippen LogP contribution >= 0.6 is 11.6 Å². The molecule has 0 aliphatic heterocycles. The van der Waals surface area contributed by atoms with Crippen molar-refractivity contribution in [3.8, 4) is 0 Å². The molecular weight excluding hydrogens is 498 g/mol. The third-order valence-corrected chi connectivity index (χ3v) is 7.18. The Hall–Kier alpha value is -3.29. The minimum Gasteiger partial charge on any atom is -0.309 e. The van der Waals surface area contributed by atoms with Gasteiger partial charge in [-0.05, 0) is 30.0 Å². The first-order chi connectivity index (χ1) is 16.6. The summed E-state index contributed by atoms with van der Waals surface area (Å²) in [6.45, 7) is 0. The molecule has 0 saturated heterocycles. The van der Waals surface area contributed by atoms with Crippen LogP contribution in [-0.4, -0.2) is 47.6 Å². The molecule has 35 heavy (non-hydrogen) atoms. The number of anilines is 1. The fourth-order valence-corrected chi connectivity index (χ4v) is 5.24. The Labute approximate surface area is 206 Å². The topological polar surface area (TPSA) is 187 Å². The molecule has 0 bridgehead atoms. The summed E-state index contributed by atoms with van der Waals surface area (Å²) in [6.07, 6.45) is 8.28. The summed E-state index contributed by atoms with van der Waals surface area (Å²) < 4.78 is 23.8. The van der Waals surface area contributed by atoms with Crippen LogP contribution in [0.3, 0.4) is 0 Å². The van der Waals surface area contributed by atoms with E-state index in [0.717, 1.165) is 31.9 Å². The molecule has 1 aliphatic rings. The molecule has 2 aromatic rings. The van der Waals surface area contributed by atoms with E-state index >= 15 is 0 Å². The molecule has 1 fully saturated rings. The Morgan fingerprint density at radius 1 is 1.23 bits per heavy atom. The number of nitrogens with one attached hydrogen (secondary N) is 3. The Morgan fingerprint density at radius 3 is 2.51 bits per heavy atom. The van der Waals surface area contributed by atoms with Crippen molar-refractivity contribution in [3.63, 3.8) is 0 Å². The lowest BCUT2D eigenvalue weighted by atomic mass is 9.87. The van der Waals surface area contributed by atoms with Crippen LogP contribution in [0.15, 0.2) is 45.7 Å². The number of urea groups is 1. The van der Waals surface area contributed by atoms with Gasteiger partial charge in [-0.2, -0.15) is 0 Å².